The van der Waals surface area contributed by atoms with Crippen LogP contribution in [0.4, 0.5) is 0 Å². The highest BCUT2D eigenvalue weighted by atomic mass is 16.5. The van der Waals surface area contributed by atoms with Gasteiger partial charge in [0.15, 0.2) is 5.78 Å². The van der Waals surface area contributed by atoms with Crippen molar-refractivity contribution < 1.29 is 24.2 Å². The number of rotatable bonds is 2. The number of aliphatic hydroxyl groups is 1. The Balaban J connectivity index is 0.000000421. The number of hydrogen-bond donors (Lipinski definition) is 1. The third kappa shape index (κ3) is 6.11. The second-order valence-electron chi connectivity index (χ2n) is 9.63. The number of carbonyl (C=O) groups is 3. The van der Waals surface area contributed by atoms with Crippen LogP contribution in [0.1, 0.15) is 93.4 Å². The Morgan fingerprint density at radius 3 is 2.33 bits per heavy atom. The maximum absolute atomic E-state index is 11.8. The zero-order valence-corrected chi connectivity index (χ0v) is 21.9. The van der Waals surface area contributed by atoms with Gasteiger partial charge < -0.3 is 14.6 Å². The van der Waals surface area contributed by atoms with Crippen molar-refractivity contribution in [2.24, 2.45) is 16.7 Å². The number of fused-ring (bicyclic) bond motifs is 4. The molecule has 4 aliphatic rings. The molecule has 5 nitrogen and oxygen atoms in total. The first-order chi connectivity index (χ1) is 15.5. The first kappa shape index (κ1) is 29.0. The third-order valence-electron chi connectivity index (χ3n) is 7.80. The van der Waals surface area contributed by atoms with Gasteiger partial charge in [-0.05, 0) is 66.7 Å². The van der Waals surface area contributed by atoms with E-state index in [4.69, 9.17) is 4.79 Å². The Morgan fingerprint density at radius 2 is 1.82 bits per heavy atom. The molecule has 3 unspecified atom stereocenters. The monoisotopic (exact) mass is 460 g/mol. The zero-order chi connectivity index (χ0) is 25.4. The standard InChI is InChI=1S/C20H26O2.C4H8O.C2H4O2.C2H6/c1-12-4-5-15-14-11-18(22)17-10-13(21)6-8-20(17,3)16(14)7-9-19(12,15)2;1-3-4(2)5;1-4-2-3;1-2/h5,10,12,18,22H,4,6-9,11H2,1-3H3;3H2,1-2H3;2H,1H3;1-2H3/t12?,18-,19?,20?;;;/m0.../s1. The summed E-state index contributed by atoms with van der Waals surface area (Å²) >= 11 is 0. The predicted octanol–water partition coefficient (Wildman–Crippen LogP) is 5.91. The van der Waals surface area contributed by atoms with Crippen molar-refractivity contribution >= 4 is 18.0 Å². The Hall–Kier alpha value is -2.01. The van der Waals surface area contributed by atoms with Gasteiger partial charge in [-0.15, -0.1) is 0 Å². The van der Waals surface area contributed by atoms with Gasteiger partial charge in [0.25, 0.3) is 6.47 Å². The van der Waals surface area contributed by atoms with Gasteiger partial charge in [-0.1, -0.05) is 53.2 Å². The maximum atomic E-state index is 11.8. The molecule has 0 amide bonds. The smallest absolute Gasteiger partial charge is 0.292 e. The number of methoxy groups -OCH3 is 1. The number of carbonyl (C=O) groups excluding carboxylic acids is 3. The number of allylic oxidation sites excluding steroid dienone is 4. The maximum Gasteiger partial charge on any atom is 0.292 e. The normalized spacial score (nSPS) is 31.4. The molecule has 0 bridgehead atoms. The van der Waals surface area contributed by atoms with Crippen LogP contribution in [-0.2, 0) is 19.1 Å². The first-order valence-electron chi connectivity index (χ1n) is 12.4. The van der Waals surface area contributed by atoms with Crippen LogP contribution in [0.3, 0.4) is 0 Å². The Kier molecular flexibility index (Phi) is 11.0. The molecule has 1 N–H and O–H groups in total. The van der Waals surface area contributed by atoms with Crippen LogP contribution < -0.4 is 0 Å². The van der Waals surface area contributed by atoms with Crippen LogP contribution in [0.5, 0.6) is 0 Å². The quantitative estimate of drug-likeness (QED) is 0.518. The number of ketones is 2. The van der Waals surface area contributed by atoms with Crippen molar-refractivity contribution in [3.8, 4) is 0 Å². The van der Waals surface area contributed by atoms with Gasteiger partial charge in [-0.2, -0.15) is 0 Å². The van der Waals surface area contributed by atoms with Gasteiger partial charge in [0.05, 0.1) is 13.2 Å². The second kappa shape index (κ2) is 12.5. The molecule has 5 heteroatoms. The van der Waals surface area contributed by atoms with Crippen molar-refractivity contribution in [1.29, 1.82) is 0 Å². The molecule has 0 fully saturated rings. The molecule has 0 aliphatic heterocycles. The fraction of sp³-hybridized carbons (Fsp3) is 0.679. The molecule has 0 spiro atoms. The molecule has 0 radical (unpaired) electrons. The van der Waals surface area contributed by atoms with E-state index in [9.17, 15) is 14.7 Å². The lowest BCUT2D eigenvalue weighted by Gasteiger charge is -2.50. The van der Waals surface area contributed by atoms with Gasteiger partial charge in [0, 0.05) is 24.7 Å². The Bertz CT molecular complexity index is 818. The van der Waals surface area contributed by atoms with Crippen LogP contribution >= 0.6 is 0 Å². The van der Waals surface area contributed by atoms with Crippen molar-refractivity contribution in [1.82, 2.24) is 0 Å². The van der Waals surface area contributed by atoms with Gasteiger partial charge >= 0.3 is 0 Å². The minimum atomic E-state index is -0.479. The summed E-state index contributed by atoms with van der Waals surface area (Å²) in [7, 11) is 1.31. The molecule has 4 rings (SSSR count). The van der Waals surface area contributed by atoms with Crippen LogP contribution in [-0.4, -0.2) is 36.4 Å². The first-order valence-corrected chi connectivity index (χ1v) is 12.4. The highest BCUT2D eigenvalue weighted by molar-refractivity contribution is 5.92. The van der Waals surface area contributed by atoms with Crippen LogP contribution in [0.2, 0.25) is 0 Å². The van der Waals surface area contributed by atoms with Crippen molar-refractivity contribution in [2.45, 2.75) is 99.5 Å². The molecule has 0 saturated carbocycles. The summed E-state index contributed by atoms with van der Waals surface area (Å²) in [5.41, 5.74) is 5.65. The van der Waals surface area contributed by atoms with Crippen LogP contribution in [0, 0.1) is 16.7 Å². The lowest BCUT2D eigenvalue weighted by Crippen LogP contribution is -2.42. The Morgan fingerprint density at radius 1 is 1.24 bits per heavy atom. The molecule has 4 atom stereocenters. The van der Waals surface area contributed by atoms with E-state index in [1.165, 1.54) is 30.2 Å². The molecule has 0 aromatic rings. The lowest BCUT2D eigenvalue weighted by molar-refractivity contribution is -0.126. The highest BCUT2D eigenvalue weighted by Crippen LogP contribution is 2.61. The minimum absolute atomic E-state index is 0.0884. The molecule has 0 heterocycles. The molecule has 4 aliphatic carbocycles. The molecule has 0 saturated heterocycles. The number of ether oxygens (including phenoxy) is 1. The van der Waals surface area contributed by atoms with E-state index in [2.05, 4.69) is 31.6 Å². The summed E-state index contributed by atoms with van der Waals surface area (Å²) in [6, 6.07) is 0. The van der Waals surface area contributed by atoms with Crippen molar-refractivity contribution in [2.75, 3.05) is 7.11 Å². The van der Waals surface area contributed by atoms with Crippen molar-refractivity contribution in [3.63, 3.8) is 0 Å². The minimum Gasteiger partial charge on any atom is -0.471 e. The molecule has 0 aromatic carbocycles. The highest BCUT2D eigenvalue weighted by Gasteiger charge is 2.51. The van der Waals surface area contributed by atoms with E-state index in [1.807, 2.05) is 20.8 Å². The summed E-state index contributed by atoms with van der Waals surface area (Å²) in [6.45, 7) is 14.8. The van der Waals surface area contributed by atoms with Crippen molar-refractivity contribution in [3.05, 3.63) is 34.4 Å². The van der Waals surface area contributed by atoms with E-state index in [1.54, 1.807) is 13.0 Å². The fourth-order valence-electron chi connectivity index (χ4n) is 5.46. The van der Waals surface area contributed by atoms with Gasteiger partial charge in [0.1, 0.15) is 5.78 Å². The second-order valence-corrected chi connectivity index (χ2v) is 9.63. The van der Waals surface area contributed by atoms with E-state index in [0.29, 0.717) is 37.1 Å². The fourth-order valence-corrected chi connectivity index (χ4v) is 5.46. The van der Waals surface area contributed by atoms with Crippen LogP contribution in [0.25, 0.3) is 0 Å². The summed E-state index contributed by atoms with van der Waals surface area (Å²) in [4.78, 5) is 30.6. The van der Waals surface area contributed by atoms with Crippen LogP contribution in [0.15, 0.2) is 34.4 Å². The molecular formula is C28H44O5. The van der Waals surface area contributed by atoms with Gasteiger partial charge in [-0.3, -0.25) is 9.59 Å². The average molecular weight is 461 g/mol. The lowest BCUT2D eigenvalue weighted by atomic mass is 9.54. The largest absolute Gasteiger partial charge is 0.471 e. The number of Topliss-reactive ketones (excluding diaryl/α,β-unsaturated/α-hetero) is 1. The van der Waals surface area contributed by atoms with E-state index < -0.39 is 6.10 Å². The van der Waals surface area contributed by atoms with Gasteiger partial charge in [0.2, 0.25) is 0 Å². The average Bonchev–Trinajstić information content (AvgIpc) is 3.11. The van der Waals surface area contributed by atoms with E-state index in [0.717, 1.165) is 24.8 Å². The molecular weight excluding hydrogens is 416 g/mol. The number of hydrogen-bond acceptors (Lipinski definition) is 5. The summed E-state index contributed by atoms with van der Waals surface area (Å²) < 4.78 is 3.86. The molecule has 0 aromatic heterocycles. The predicted molar refractivity (Wildman–Crippen MR) is 133 cm³/mol. The summed E-state index contributed by atoms with van der Waals surface area (Å²) in [5, 5.41) is 10.7. The molecule has 33 heavy (non-hydrogen) atoms. The number of aliphatic hydroxyl groups excluding tert-OH is 1. The van der Waals surface area contributed by atoms with E-state index in [-0.39, 0.29) is 17.0 Å². The topological polar surface area (TPSA) is 80.7 Å². The summed E-state index contributed by atoms with van der Waals surface area (Å²) in [6.07, 6.45) is 10.1. The van der Waals surface area contributed by atoms with E-state index >= 15 is 0 Å². The SMILES string of the molecule is CC.CC1CC=C2C3=C(CCC21C)C1(C)CCC(=O)C=C1[C@@H](O)C3.CCC(C)=O.COC=O. The Labute approximate surface area is 200 Å². The molecule has 186 valence electrons. The summed E-state index contributed by atoms with van der Waals surface area (Å²) in [5.74, 6) is 1.14. The van der Waals surface area contributed by atoms with Gasteiger partial charge in [-0.25, -0.2) is 0 Å². The zero-order valence-electron chi connectivity index (χ0n) is 21.9. The third-order valence-corrected chi connectivity index (χ3v) is 7.80.